The van der Waals surface area contributed by atoms with Crippen LogP contribution in [0, 0.1) is 0 Å². The summed E-state index contributed by atoms with van der Waals surface area (Å²) in [5, 5.41) is 2.06. The molecule has 0 radical (unpaired) electrons. The molecule has 0 unspecified atom stereocenters. The van der Waals surface area contributed by atoms with E-state index >= 15 is 0 Å². The van der Waals surface area contributed by atoms with E-state index in [9.17, 15) is 18.0 Å². The first-order valence-corrected chi connectivity index (χ1v) is 7.03. The summed E-state index contributed by atoms with van der Waals surface area (Å²) < 4.78 is 38.2. The van der Waals surface area contributed by atoms with Crippen molar-refractivity contribution in [2.24, 2.45) is 5.73 Å². The van der Waals surface area contributed by atoms with E-state index in [2.05, 4.69) is 5.32 Å². The second-order valence-corrected chi connectivity index (χ2v) is 5.89. The van der Waals surface area contributed by atoms with Gasteiger partial charge in [-0.1, -0.05) is 24.4 Å². The summed E-state index contributed by atoms with van der Waals surface area (Å²) in [5.41, 5.74) is 4.64. The van der Waals surface area contributed by atoms with Crippen LogP contribution < -0.4 is 11.1 Å². The van der Waals surface area contributed by atoms with Crippen LogP contribution in [0.4, 0.5) is 18.9 Å². The lowest BCUT2D eigenvalue weighted by Gasteiger charge is -2.22. The highest BCUT2D eigenvalue weighted by atomic mass is 35.5. The second-order valence-electron chi connectivity index (χ2n) is 5.49. The number of carbonyl (C=O) groups excluding carboxylic acids is 1. The predicted molar refractivity (Wildman–Crippen MR) is 75.1 cm³/mol. The number of amides is 1. The number of hydrogen-bond acceptors (Lipinski definition) is 2. The number of nitrogens with one attached hydrogen (secondary N) is 1. The average molecular weight is 321 g/mol. The van der Waals surface area contributed by atoms with Gasteiger partial charge in [0.05, 0.1) is 10.6 Å². The van der Waals surface area contributed by atoms with Crippen LogP contribution in [-0.4, -0.2) is 11.4 Å². The van der Waals surface area contributed by atoms with Gasteiger partial charge in [0.1, 0.15) is 0 Å². The van der Waals surface area contributed by atoms with Gasteiger partial charge in [-0.2, -0.15) is 13.2 Å². The quantitative estimate of drug-likeness (QED) is 0.885. The van der Waals surface area contributed by atoms with Gasteiger partial charge < -0.3 is 11.1 Å². The fourth-order valence-electron chi connectivity index (χ4n) is 2.60. The Morgan fingerprint density at radius 1 is 1.33 bits per heavy atom. The fraction of sp³-hybridized carbons (Fsp3) is 0.500. The van der Waals surface area contributed by atoms with Crippen LogP contribution in [0.5, 0.6) is 0 Å². The lowest BCUT2D eigenvalue weighted by Crippen LogP contribution is -2.40. The van der Waals surface area contributed by atoms with Crippen molar-refractivity contribution >= 4 is 23.2 Å². The number of benzene rings is 1. The monoisotopic (exact) mass is 320 g/mol. The Bertz CT molecular complexity index is 540. The summed E-state index contributed by atoms with van der Waals surface area (Å²) in [6.45, 7) is 0. The second kappa shape index (κ2) is 5.85. The number of nitrogens with two attached hydrogens (primary N) is 1. The predicted octanol–water partition coefficient (Wildman–Crippen LogP) is 3.96. The first-order valence-electron chi connectivity index (χ1n) is 6.65. The molecule has 2 rings (SSSR count). The molecule has 1 fully saturated rings. The van der Waals surface area contributed by atoms with Crippen molar-refractivity contribution in [3.05, 3.63) is 28.8 Å². The number of rotatable bonds is 3. The molecule has 0 bridgehead atoms. The lowest BCUT2D eigenvalue weighted by atomic mass is 9.94. The summed E-state index contributed by atoms with van der Waals surface area (Å²) in [5.74, 6) is -0.380. The Labute approximate surface area is 125 Å². The van der Waals surface area contributed by atoms with Crippen molar-refractivity contribution in [3.63, 3.8) is 0 Å². The van der Waals surface area contributed by atoms with Gasteiger partial charge in [0.25, 0.3) is 0 Å². The Morgan fingerprint density at radius 3 is 2.52 bits per heavy atom. The Hall–Kier alpha value is -1.27. The van der Waals surface area contributed by atoms with Gasteiger partial charge in [-0.3, -0.25) is 4.79 Å². The van der Waals surface area contributed by atoms with Gasteiger partial charge in [0.2, 0.25) is 5.91 Å². The highest BCUT2D eigenvalue weighted by molar-refractivity contribution is 6.31. The average Bonchev–Trinajstić information content (AvgIpc) is 2.76. The first kappa shape index (κ1) is 16.1. The van der Waals surface area contributed by atoms with Crippen molar-refractivity contribution in [2.45, 2.75) is 43.8 Å². The van der Waals surface area contributed by atoms with E-state index in [0.29, 0.717) is 0 Å². The summed E-state index contributed by atoms with van der Waals surface area (Å²) in [6, 6.07) is 3.29. The molecular weight excluding hydrogens is 305 g/mol. The zero-order valence-electron chi connectivity index (χ0n) is 11.3. The minimum atomic E-state index is -4.56. The van der Waals surface area contributed by atoms with Crippen molar-refractivity contribution in [1.29, 1.82) is 0 Å². The van der Waals surface area contributed by atoms with Crippen molar-refractivity contribution in [2.75, 3.05) is 5.32 Å². The van der Waals surface area contributed by atoms with E-state index in [1.165, 1.54) is 6.07 Å². The normalized spacial score (nSPS) is 17.8. The van der Waals surface area contributed by atoms with Crippen molar-refractivity contribution in [3.8, 4) is 0 Å². The minimum Gasteiger partial charge on any atom is -0.326 e. The molecule has 116 valence electrons. The first-order chi connectivity index (χ1) is 9.70. The minimum absolute atomic E-state index is 0.0679. The third kappa shape index (κ3) is 4.11. The van der Waals surface area contributed by atoms with Crippen LogP contribution >= 0.6 is 11.6 Å². The number of hydrogen-bond donors (Lipinski definition) is 2. The molecule has 1 saturated carbocycles. The van der Waals surface area contributed by atoms with Crippen LogP contribution in [0.3, 0.4) is 0 Å². The molecule has 0 aliphatic heterocycles. The van der Waals surface area contributed by atoms with Gasteiger partial charge in [0, 0.05) is 17.6 Å². The number of anilines is 1. The molecule has 21 heavy (non-hydrogen) atoms. The summed E-state index contributed by atoms with van der Waals surface area (Å²) in [6.07, 6.45) is -0.981. The van der Waals surface area contributed by atoms with Crippen LogP contribution in [-0.2, 0) is 11.0 Å². The smallest absolute Gasteiger partial charge is 0.326 e. The van der Waals surface area contributed by atoms with Gasteiger partial charge in [-0.15, -0.1) is 0 Å². The lowest BCUT2D eigenvalue weighted by molar-refractivity contribution is -0.137. The van der Waals surface area contributed by atoms with Gasteiger partial charge in [-0.05, 0) is 31.0 Å². The van der Waals surface area contributed by atoms with E-state index in [1.54, 1.807) is 0 Å². The molecule has 1 aliphatic rings. The summed E-state index contributed by atoms with van der Waals surface area (Å²) >= 11 is 5.52. The molecule has 0 spiro atoms. The highest BCUT2D eigenvalue weighted by Gasteiger charge is 2.34. The molecule has 1 aromatic rings. The Balaban J connectivity index is 2.07. The topological polar surface area (TPSA) is 55.1 Å². The van der Waals surface area contributed by atoms with Crippen molar-refractivity contribution in [1.82, 2.24) is 0 Å². The molecule has 1 aromatic carbocycles. The van der Waals surface area contributed by atoms with Gasteiger partial charge in [-0.25, -0.2) is 0 Å². The highest BCUT2D eigenvalue weighted by Crippen LogP contribution is 2.36. The van der Waals surface area contributed by atoms with Gasteiger partial charge in [0.15, 0.2) is 0 Å². The zero-order chi connectivity index (χ0) is 15.7. The van der Waals surface area contributed by atoms with E-state index in [4.69, 9.17) is 17.3 Å². The maximum atomic E-state index is 12.7. The molecular formula is C14H16ClF3N2O. The van der Waals surface area contributed by atoms with E-state index in [1.807, 2.05) is 0 Å². The Kier molecular flexibility index (Phi) is 4.49. The van der Waals surface area contributed by atoms with Crippen LogP contribution in [0.15, 0.2) is 18.2 Å². The molecule has 3 nitrogen and oxygen atoms in total. The summed E-state index contributed by atoms with van der Waals surface area (Å²) in [4.78, 5) is 11.9. The van der Waals surface area contributed by atoms with Crippen LogP contribution in [0.25, 0.3) is 0 Å². The third-order valence-electron chi connectivity index (χ3n) is 3.67. The molecule has 1 amide bonds. The Morgan fingerprint density at radius 2 is 1.95 bits per heavy atom. The number of carbonyl (C=O) groups is 1. The largest absolute Gasteiger partial charge is 0.417 e. The molecule has 7 heteroatoms. The standard InChI is InChI=1S/C14H16ClF3N2O/c15-11-4-3-9(7-10(11)14(16,17)18)20-12(21)8-13(19)5-1-2-6-13/h3-4,7H,1-2,5-6,8,19H2,(H,20,21). The van der Waals surface area contributed by atoms with E-state index < -0.39 is 22.3 Å². The summed E-state index contributed by atoms with van der Waals surface area (Å²) in [7, 11) is 0. The molecule has 3 N–H and O–H groups in total. The number of alkyl halides is 3. The maximum Gasteiger partial charge on any atom is 0.417 e. The molecule has 0 aromatic heterocycles. The number of halogens is 4. The molecule has 0 heterocycles. The van der Waals surface area contributed by atoms with Gasteiger partial charge >= 0.3 is 6.18 Å². The molecule has 0 atom stereocenters. The van der Waals surface area contributed by atoms with Crippen LogP contribution in [0.1, 0.15) is 37.7 Å². The van der Waals surface area contributed by atoms with Crippen LogP contribution in [0.2, 0.25) is 5.02 Å². The maximum absolute atomic E-state index is 12.7. The van der Waals surface area contributed by atoms with E-state index in [-0.39, 0.29) is 18.0 Å². The molecule has 1 aliphatic carbocycles. The fourth-order valence-corrected chi connectivity index (χ4v) is 2.83. The third-order valence-corrected chi connectivity index (χ3v) is 4.00. The zero-order valence-corrected chi connectivity index (χ0v) is 12.0. The SMILES string of the molecule is NC1(CC(=O)Nc2ccc(Cl)c(C(F)(F)F)c2)CCCC1. The van der Waals surface area contributed by atoms with Crippen molar-refractivity contribution < 1.29 is 18.0 Å². The van der Waals surface area contributed by atoms with E-state index in [0.717, 1.165) is 37.8 Å². The molecule has 0 saturated heterocycles.